The molecule has 1 N–H and O–H groups in total. The summed E-state index contributed by atoms with van der Waals surface area (Å²) >= 11 is 0. The maximum atomic E-state index is 12.3. The van der Waals surface area contributed by atoms with Crippen LogP contribution in [0, 0.1) is 0 Å². The Hall–Kier alpha value is -1.66. The smallest absolute Gasteiger partial charge is 0.445 e. The Labute approximate surface area is 75.6 Å². The number of nitrogens with one attached hydrogen (secondary N) is 1. The maximum Gasteiger partial charge on any atom is 0.509 e. The Morgan fingerprint density at radius 3 is 2.64 bits per heavy atom. The monoisotopic (exact) mass is 202 g/mol. The highest BCUT2D eigenvalue weighted by Gasteiger charge is 2.25. The minimum Gasteiger partial charge on any atom is -0.445 e. The topological polar surface area (TPSA) is 46.0 Å². The standard InChI is InChI=1S/C7H4BF3NO2/c9-8(10,11)4-1-2-5-6(3-4)14-7(13)12-5/h1-3H,(H,12,13)/q-1. The zero-order chi connectivity index (χ0) is 10.3. The van der Waals surface area contributed by atoms with Crippen molar-refractivity contribution in [3.05, 3.63) is 28.7 Å². The molecule has 0 aliphatic heterocycles. The SMILES string of the molecule is O=c1[nH]c2ccc([B-](F)(F)F)cc2o1. The minimum atomic E-state index is -5.05. The van der Waals surface area contributed by atoms with E-state index in [0.29, 0.717) is 0 Å². The molecule has 0 bridgehead atoms. The number of aromatic amines is 1. The van der Waals surface area contributed by atoms with Crippen LogP contribution in [0.4, 0.5) is 12.9 Å². The number of aromatic nitrogens is 1. The highest BCUT2D eigenvalue weighted by atomic mass is 19.4. The van der Waals surface area contributed by atoms with Gasteiger partial charge in [0.25, 0.3) is 0 Å². The fourth-order valence-electron chi connectivity index (χ4n) is 1.17. The van der Waals surface area contributed by atoms with Crippen molar-refractivity contribution in [1.82, 2.24) is 4.98 Å². The molecule has 1 aromatic heterocycles. The summed E-state index contributed by atoms with van der Waals surface area (Å²) in [6, 6.07) is 2.89. The van der Waals surface area contributed by atoms with E-state index in [1.54, 1.807) is 0 Å². The van der Waals surface area contributed by atoms with Crippen LogP contribution in [-0.4, -0.2) is 12.0 Å². The Morgan fingerprint density at radius 2 is 2.00 bits per heavy atom. The van der Waals surface area contributed by atoms with E-state index in [2.05, 4.69) is 9.40 Å². The fraction of sp³-hybridized carbons (Fsp3) is 0. The van der Waals surface area contributed by atoms with E-state index in [1.165, 1.54) is 6.07 Å². The zero-order valence-electron chi connectivity index (χ0n) is 6.76. The molecule has 2 rings (SSSR count). The van der Waals surface area contributed by atoms with Crippen LogP contribution in [-0.2, 0) is 0 Å². The average molecular weight is 202 g/mol. The lowest BCUT2D eigenvalue weighted by Gasteiger charge is -2.13. The Balaban J connectivity index is 2.67. The Bertz CT molecular complexity index is 527. The number of hydrogen-bond donors (Lipinski definition) is 1. The van der Waals surface area contributed by atoms with Crippen molar-refractivity contribution in [2.45, 2.75) is 0 Å². The first-order chi connectivity index (χ1) is 6.47. The van der Waals surface area contributed by atoms with Gasteiger partial charge in [-0.2, -0.15) is 0 Å². The van der Waals surface area contributed by atoms with Crippen LogP contribution >= 0.6 is 0 Å². The molecule has 3 nitrogen and oxygen atoms in total. The Morgan fingerprint density at radius 1 is 1.29 bits per heavy atom. The van der Waals surface area contributed by atoms with E-state index in [1.807, 2.05) is 0 Å². The van der Waals surface area contributed by atoms with Gasteiger partial charge in [-0.05, 0) is 12.1 Å². The van der Waals surface area contributed by atoms with Crippen LogP contribution in [0.3, 0.4) is 0 Å². The van der Waals surface area contributed by atoms with E-state index in [-0.39, 0.29) is 11.1 Å². The van der Waals surface area contributed by atoms with Crippen molar-refractivity contribution < 1.29 is 17.4 Å². The van der Waals surface area contributed by atoms with E-state index in [0.717, 1.165) is 12.1 Å². The molecular weight excluding hydrogens is 198 g/mol. The quantitative estimate of drug-likeness (QED) is 0.705. The number of rotatable bonds is 1. The lowest BCUT2D eigenvalue weighted by molar-refractivity contribution is 0.500. The lowest BCUT2D eigenvalue weighted by Crippen LogP contribution is -2.33. The summed E-state index contributed by atoms with van der Waals surface area (Å²) in [7, 11) is 0. The van der Waals surface area contributed by atoms with Gasteiger partial charge in [-0.25, -0.2) is 4.79 Å². The van der Waals surface area contributed by atoms with Crippen LogP contribution < -0.4 is 11.2 Å². The van der Waals surface area contributed by atoms with Gasteiger partial charge < -0.3 is 17.4 Å². The molecule has 2 aromatic rings. The summed E-state index contributed by atoms with van der Waals surface area (Å²) < 4.78 is 41.3. The number of fused-ring (bicyclic) bond motifs is 1. The second kappa shape index (κ2) is 2.66. The first-order valence-electron chi connectivity index (χ1n) is 3.79. The predicted molar refractivity (Wildman–Crippen MR) is 45.5 cm³/mol. The second-order valence-corrected chi connectivity index (χ2v) is 2.84. The molecule has 0 atom stereocenters. The van der Waals surface area contributed by atoms with Gasteiger partial charge in [-0.3, -0.25) is 4.98 Å². The molecule has 0 saturated heterocycles. The molecule has 0 aliphatic carbocycles. The molecule has 0 radical (unpaired) electrons. The molecule has 0 saturated carbocycles. The van der Waals surface area contributed by atoms with Crippen molar-refractivity contribution in [1.29, 1.82) is 0 Å². The third-order valence-electron chi connectivity index (χ3n) is 1.82. The third kappa shape index (κ3) is 1.41. The van der Waals surface area contributed by atoms with Crippen LogP contribution in [0.2, 0.25) is 0 Å². The average Bonchev–Trinajstić information content (AvgIpc) is 2.41. The first kappa shape index (κ1) is 8.92. The van der Waals surface area contributed by atoms with Crippen molar-refractivity contribution in [2.24, 2.45) is 0 Å². The van der Waals surface area contributed by atoms with Crippen molar-refractivity contribution in [2.75, 3.05) is 0 Å². The number of benzene rings is 1. The van der Waals surface area contributed by atoms with Gasteiger partial charge in [0.1, 0.15) is 0 Å². The predicted octanol–water partition coefficient (Wildman–Crippen LogP) is 1.18. The zero-order valence-corrected chi connectivity index (χ0v) is 6.76. The maximum absolute atomic E-state index is 12.3. The molecule has 0 unspecified atom stereocenters. The van der Waals surface area contributed by atoms with E-state index >= 15 is 0 Å². The van der Waals surface area contributed by atoms with Gasteiger partial charge in [0.2, 0.25) is 0 Å². The molecule has 14 heavy (non-hydrogen) atoms. The molecular formula is C7H4BF3NO2-. The summed E-state index contributed by atoms with van der Waals surface area (Å²) in [5.41, 5.74) is -0.592. The summed E-state index contributed by atoms with van der Waals surface area (Å²) in [6.07, 6.45) is 0. The third-order valence-corrected chi connectivity index (χ3v) is 1.82. The normalized spacial score (nSPS) is 12.2. The largest absolute Gasteiger partial charge is 0.509 e. The van der Waals surface area contributed by atoms with Gasteiger partial charge in [-0.1, -0.05) is 6.07 Å². The number of hydrogen-bond acceptors (Lipinski definition) is 2. The van der Waals surface area contributed by atoms with Crippen LogP contribution in [0.15, 0.2) is 27.4 Å². The fourth-order valence-corrected chi connectivity index (χ4v) is 1.17. The summed E-state index contributed by atoms with van der Waals surface area (Å²) in [5, 5.41) is 0. The van der Waals surface area contributed by atoms with E-state index in [9.17, 15) is 17.7 Å². The first-order valence-corrected chi connectivity index (χ1v) is 3.79. The van der Waals surface area contributed by atoms with Gasteiger partial charge in [0, 0.05) is 0 Å². The van der Waals surface area contributed by atoms with Gasteiger partial charge >= 0.3 is 12.7 Å². The summed E-state index contributed by atoms with van der Waals surface area (Å²) in [6.45, 7) is -5.05. The molecule has 7 heteroatoms. The highest BCUT2D eigenvalue weighted by Crippen LogP contribution is 2.13. The van der Waals surface area contributed by atoms with Gasteiger partial charge in [-0.15, -0.1) is 5.46 Å². The van der Waals surface area contributed by atoms with E-state index in [4.69, 9.17) is 0 Å². The van der Waals surface area contributed by atoms with Crippen molar-refractivity contribution in [3.63, 3.8) is 0 Å². The lowest BCUT2D eigenvalue weighted by atomic mass is 9.80. The second-order valence-electron chi connectivity index (χ2n) is 2.84. The summed E-state index contributed by atoms with van der Waals surface area (Å²) in [5.74, 6) is -0.758. The van der Waals surface area contributed by atoms with Crippen molar-refractivity contribution >= 4 is 23.5 Å². The molecule has 1 heterocycles. The number of halogens is 3. The number of H-pyrrole nitrogens is 1. The van der Waals surface area contributed by atoms with Crippen LogP contribution in [0.25, 0.3) is 11.1 Å². The molecule has 0 amide bonds. The number of oxazole rings is 1. The molecule has 0 aliphatic rings. The Kier molecular flexibility index (Phi) is 1.70. The van der Waals surface area contributed by atoms with Crippen LogP contribution in [0.5, 0.6) is 0 Å². The summed E-state index contributed by atoms with van der Waals surface area (Å²) in [4.78, 5) is 12.9. The van der Waals surface area contributed by atoms with Crippen LogP contribution in [0.1, 0.15) is 0 Å². The van der Waals surface area contributed by atoms with Crippen molar-refractivity contribution in [3.8, 4) is 0 Å². The molecule has 1 aromatic carbocycles. The molecule has 0 spiro atoms. The van der Waals surface area contributed by atoms with Gasteiger partial charge in [0.05, 0.1) is 5.52 Å². The van der Waals surface area contributed by atoms with Gasteiger partial charge in [0.15, 0.2) is 5.58 Å². The highest BCUT2D eigenvalue weighted by molar-refractivity contribution is 6.73. The molecule has 74 valence electrons. The molecule has 0 fully saturated rings. The minimum absolute atomic E-state index is 0.0771. The van der Waals surface area contributed by atoms with E-state index < -0.39 is 18.2 Å².